The van der Waals surface area contributed by atoms with Gasteiger partial charge in [0.1, 0.15) is 18.1 Å². The summed E-state index contributed by atoms with van der Waals surface area (Å²) in [5, 5.41) is 11.9. The largest absolute Gasteiger partial charge is 0.507 e. The molecule has 2 heterocycles. The monoisotopic (exact) mass is 546 g/mol. The van der Waals surface area contributed by atoms with Gasteiger partial charge in [0.15, 0.2) is 0 Å². The molecule has 1 unspecified atom stereocenters. The fourth-order valence-corrected chi connectivity index (χ4v) is 5.14. The summed E-state index contributed by atoms with van der Waals surface area (Å²) in [6.07, 6.45) is 0. The normalized spacial score (nSPS) is 19.4. The van der Waals surface area contributed by atoms with Crippen molar-refractivity contribution >= 4 is 29.1 Å². The van der Waals surface area contributed by atoms with Crippen molar-refractivity contribution in [3.05, 3.63) is 106 Å². The lowest BCUT2D eigenvalue weighted by Crippen LogP contribution is -2.42. The first-order valence-corrected chi connectivity index (χ1v) is 13.4. The number of carbonyl (C=O) groups excluding carboxylic acids is 2. The number of morpholine rings is 1. The summed E-state index contributed by atoms with van der Waals surface area (Å²) >= 11 is 6.12. The predicted molar refractivity (Wildman–Crippen MR) is 150 cm³/mol. The van der Waals surface area contributed by atoms with Gasteiger partial charge in [-0.05, 0) is 54.4 Å². The van der Waals surface area contributed by atoms with Gasteiger partial charge >= 0.3 is 0 Å². The van der Waals surface area contributed by atoms with Crippen molar-refractivity contribution in [3.8, 4) is 5.75 Å². The fraction of sp³-hybridized carbons (Fsp3) is 0.290. The van der Waals surface area contributed by atoms with Gasteiger partial charge in [-0.2, -0.15) is 0 Å². The number of ether oxygens (including phenoxy) is 2. The van der Waals surface area contributed by atoms with Gasteiger partial charge in [-0.1, -0.05) is 53.6 Å². The van der Waals surface area contributed by atoms with E-state index in [0.717, 1.165) is 24.2 Å². The first-order chi connectivity index (χ1) is 18.9. The molecule has 3 aromatic carbocycles. The average molecular weight is 547 g/mol. The molecule has 1 atom stereocenters. The van der Waals surface area contributed by atoms with Crippen LogP contribution in [0.25, 0.3) is 5.76 Å². The molecule has 0 aromatic heterocycles. The van der Waals surface area contributed by atoms with Gasteiger partial charge in [0.25, 0.3) is 11.7 Å². The zero-order chi connectivity index (χ0) is 27.4. The number of hydrogen-bond acceptors (Lipinski definition) is 6. The van der Waals surface area contributed by atoms with E-state index in [1.807, 2.05) is 25.1 Å². The molecule has 8 heteroatoms. The maximum atomic E-state index is 13.3. The summed E-state index contributed by atoms with van der Waals surface area (Å²) in [6.45, 7) is 6.23. The molecule has 1 amide bonds. The molecular formula is C31H31ClN2O5. The Morgan fingerprint density at radius 1 is 1.00 bits per heavy atom. The van der Waals surface area contributed by atoms with E-state index < -0.39 is 17.7 Å². The zero-order valence-corrected chi connectivity index (χ0v) is 22.6. The number of amides is 1. The summed E-state index contributed by atoms with van der Waals surface area (Å²) in [7, 11) is 0. The number of aliphatic hydroxyl groups excluding tert-OH is 1. The SMILES string of the molecule is Cc1cccc(COc2ccc(C(O)=C3C(=O)C(=O)N(CCN4CCOCC4)C3c3ccc(Cl)cc3)cc2)c1. The van der Waals surface area contributed by atoms with Gasteiger partial charge in [-0.3, -0.25) is 14.5 Å². The van der Waals surface area contributed by atoms with Crippen LogP contribution in [0.4, 0.5) is 0 Å². The quantitative estimate of drug-likeness (QED) is 0.244. The molecule has 2 aliphatic rings. The number of carbonyl (C=O) groups is 2. The van der Waals surface area contributed by atoms with Crippen LogP contribution in [0.2, 0.25) is 5.02 Å². The van der Waals surface area contributed by atoms with Gasteiger partial charge in [-0.25, -0.2) is 0 Å². The number of aliphatic hydroxyl groups is 1. The molecule has 39 heavy (non-hydrogen) atoms. The van der Waals surface area contributed by atoms with E-state index in [1.54, 1.807) is 53.4 Å². The van der Waals surface area contributed by atoms with Gasteiger partial charge in [0.2, 0.25) is 0 Å². The Morgan fingerprint density at radius 2 is 1.72 bits per heavy atom. The molecule has 0 radical (unpaired) electrons. The first kappa shape index (κ1) is 26.9. The molecule has 3 aromatic rings. The number of ketones is 1. The minimum absolute atomic E-state index is 0.0673. The van der Waals surface area contributed by atoms with E-state index in [1.165, 1.54) is 0 Å². The van der Waals surface area contributed by atoms with Crippen LogP contribution < -0.4 is 4.74 Å². The maximum Gasteiger partial charge on any atom is 0.295 e. The highest BCUT2D eigenvalue weighted by Gasteiger charge is 2.46. The Labute approximate surface area is 233 Å². The Bertz CT molecular complexity index is 1360. The molecule has 0 saturated carbocycles. The van der Waals surface area contributed by atoms with E-state index in [-0.39, 0.29) is 11.3 Å². The van der Waals surface area contributed by atoms with Crippen molar-refractivity contribution in [1.82, 2.24) is 9.80 Å². The highest BCUT2D eigenvalue weighted by molar-refractivity contribution is 6.46. The van der Waals surface area contributed by atoms with Crippen molar-refractivity contribution in [3.63, 3.8) is 0 Å². The third-order valence-electron chi connectivity index (χ3n) is 7.10. The lowest BCUT2D eigenvalue weighted by molar-refractivity contribution is -0.140. The highest BCUT2D eigenvalue weighted by Crippen LogP contribution is 2.39. The number of nitrogens with zero attached hydrogens (tertiary/aromatic N) is 2. The second-order valence-corrected chi connectivity index (χ2v) is 10.2. The predicted octanol–water partition coefficient (Wildman–Crippen LogP) is 4.98. The van der Waals surface area contributed by atoms with Crippen molar-refractivity contribution in [1.29, 1.82) is 0 Å². The summed E-state index contributed by atoms with van der Waals surface area (Å²) in [5.74, 6) is -0.905. The molecule has 2 aliphatic heterocycles. The van der Waals surface area contributed by atoms with Crippen LogP contribution in [0.15, 0.2) is 78.4 Å². The Kier molecular flexibility index (Phi) is 8.31. The molecule has 202 valence electrons. The smallest absolute Gasteiger partial charge is 0.295 e. The number of benzene rings is 3. The molecule has 2 saturated heterocycles. The summed E-state index contributed by atoms with van der Waals surface area (Å²) in [5.41, 5.74) is 3.43. The van der Waals surface area contributed by atoms with Crippen LogP contribution in [-0.2, 0) is 20.9 Å². The molecule has 0 spiro atoms. The van der Waals surface area contributed by atoms with Crippen LogP contribution >= 0.6 is 11.6 Å². The van der Waals surface area contributed by atoms with Crippen LogP contribution in [0.1, 0.15) is 28.3 Å². The molecule has 0 aliphatic carbocycles. The molecule has 0 bridgehead atoms. The van der Waals surface area contributed by atoms with Crippen molar-refractivity contribution in [2.75, 3.05) is 39.4 Å². The van der Waals surface area contributed by atoms with Crippen LogP contribution in [0.3, 0.4) is 0 Å². The molecular weight excluding hydrogens is 516 g/mol. The molecule has 5 rings (SSSR count). The molecule has 1 N–H and O–H groups in total. The van der Waals surface area contributed by atoms with Crippen LogP contribution in [0, 0.1) is 6.92 Å². The number of aryl methyl sites for hydroxylation is 1. The lowest BCUT2D eigenvalue weighted by atomic mass is 9.95. The van der Waals surface area contributed by atoms with Crippen LogP contribution in [-0.4, -0.2) is 66.0 Å². The van der Waals surface area contributed by atoms with E-state index >= 15 is 0 Å². The topological polar surface area (TPSA) is 79.3 Å². The summed E-state index contributed by atoms with van der Waals surface area (Å²) < 4.78 is 11.3. The van der Waals surface area contributed by atoms with Crippen molar-refractivity contribution in [2.24, 2.45) is 0 Å². The van der Waals surface area contributed by atoms with Gasteiger partial charge in [0.05, 0.1) is 24.8 Å². The molecule has 7 nitrogen and oxygen atoms in total. The van der Waals surface area contributed by atoms with E-state index in [9.17, 15) is 14.7 Å². The van der Waals surface area contributed by atoms with E-state index in [0.29, 0.717) is 54.8 Å². The maximum absolute atomic E-state index is 13.3. The number of halogens is 1. The average Bonchev–Trinajstić information content (AvgIpc) is 3.21. The minimum Gasteiger partial charge on any atom is -0.507 e. The Hall–Kier alpha value is -3.65. The van der Waals surface area contributed by atoms with Crippen LogP contribution in [0.5, 0.6) is 5.75 Å². The number of likely N-dealkylation sites (tertiary alicyclic amines) is 1. The minimum atomic E-state index is -0.722. The Balaban J connectivity index is 1.41. The van der Waals surface area contributed by atoms with Gasteiger partial charge in [-0.15, -0.1) is 0 Å². The standard InChI is InChI=1S/C31H31ClN2O5/c1-21-3-2-4-22(19-21)20-39-26-11-7-24(8-12-26)29(35)27-28(23-5-9-25(32)10-6-23)34(31(37)30(27)36)14-13-33-15-17-38-18-16-33/h2-12,19,28,35H,13-18,20H2,1H3. The second kappa shape index (κ2) is 12.0. The third kappa shape index (κ3) is 6.17. The number of hydrogen-bond donors (Lipinski definition) is 1. The third-order valence-corrected chi connectivity index (χ3v) is 7.35. The van der Waals surface area contributed by atoms with E-state index in [4.69, 9.17) is 21.1 Å². The first-order valence-electron chi connectivity index (χ1n) is 13.0. The fourth-order valence-electron chi connectivity index (χ4n) is 5.01. The summed E-state index contributed by atoms with van der Waals surface area (Å²) in [4.78, 5) is 30.3. The highest BCUT2D eigenvalue weighted by atomic mass is 35.5. The van der Waals surface area contributed by atoms with Crippen molar-refractivity contribution in [2.45, 2.75) is 19.6 Å². The van der Waals surface area contributed by atoms with E-state index in [2.05, 4.69) is 11.0 Å². The summed E-state index contributed by atoms with van der Waals surface area (Å²) in [6, 6.07) is 21.3. The number of Topliss-reactive ketones (excluding diaryl/α,β-unsaturated/α-hetero) is 1. The van der Waals surface area contributed by atoms with Gasteiger partial charge < -0.3 is 19.5 Å². The zero-order valence-electron chi connectivity index (χ0n) is 21.8. The molecule has 2 fully saturated rings. The lowest BCUT2D eigenvalue weighted by Gasteiger charge is -2.31. The van der Waals surface area contributed by atoms with Crippen molar-refractivity contribution < 1.29 is 24.2 Å². The van der Waals surface area contributed by atoms with Gasteiger partial charge in [0, 0.05) is 36.8 Å². The Morgan fingerprint density at radius 3 is 2.41 bits per heavy atom. The second-order valence-electron chi connectivity index (χ2n) is 9.80. The number of rotatable bonds is 8.